The summed E-state index contributed by atoms with van der Waals surface area (Å²) in [5.74, 6) is -0.624. The zero-order chi connectivity index (χ0) is 22.0. The van der Waals surface area contributed by atoms with Crippen LogP contribution in [-0.4, -0.2) is 17.8 Å². The minimum Gasteiger partial charge on any atom is -0.348 e. The van der Waals surface area contributed by atoms with E-state index in [1.165, 1.54) is 5.56 Å². The topological polar surface area (TPSA) is 87.3 Å². The molecule has 6 heteroatoms. The Hall–Kier alpha value is -3.93. The molecular formula is C25H23N3O3. The molecule has 3 N–H and O–H groups in total. The third-order valence-corrected chi connectivity index (χ3v) is 5.50. The van der Waals surface area contributed by atoms with Gasteiger partial charge in [0, 0.05) is 12.1 Å². The second kappa shape index (κ2) is 8.07. The molecular weight excluding hydrogens is 390 g/mol. The first kappa shape index (κ1) is 20.3. The fourth-order valence-electron chi connectivity index (χ4n) is 3.67. The van der Waals surface area contributed by atoms with E-state index >= 15 is 0 Å². The van der Waals surface area contributed by atoms with Crippen molar-refractivity contribution in [3.63, 3.8) is 0 Å². The van der Waals surface area contributed by atoms with Gasteiger partial charge in [-0.2, -0.15) is 0 Å². The van der Waals surface area contributed by atoms with Crippen molar-refractivity contribution in [3.8, 4) is 11.1 Å². The first-order chi connectivity index (χ1) is 14.8. The van der Waals surface area contributed by atoms with Gasteiger partial charge < -0.3 is 10.6 Å². The lowest BCUT2D eigenvalue weighted by atomic mass is 9.91. The third kappa shape index (κ3) is 4.19. The average molecular weight is 413 g/mol. The van der Waals surface area contributed by atoms with Gasteiger partial charge in [-0.25, -0.2) is 4.79 Å². The van der Waals surface area contributed by atoms with Crippen LogP contribution in [0.4, 0.5) is 4.79 Å². The molecule has 1 atom stereocenters. The predicted octanol–water partition coefficient (Wildman–Crippen LogP) is 3.65. The molecule has 0 bridgehead atoms. The monoisotopic (exact) mass is 413 g/mol. The van der Waals surface area contributed by atoms with E-state index in [9.17, 15) is 14.4 Å². The lowest BCUT2D eigenvalue weighted by Crippen LogP contribution is -2.40. The number of imide groups is 1. The summed E-state index contributed by atoms with van der Waals surface area (Å²) in [6.45, 7) is 4.09. The Kier molecular flexibility index (Phi) is 5.29. The smallest absolute Gasteiger partial charge is 0.322 e. The maximum atomic E-state index is 12.6. The largest absolute Gasteiger partial charge is 0.348 e. The number of hydrogen-bond acceptors (Lipinski definition) is 3. The molecule has 1 saturated heterocycles. The van der Waals surface area contributed by atoms with E-state index in [0.29, 0.717) is 17.7 Å². The first-order valence-corrected chi connectivity index (χ1v) is 10.0. The predicted molar refractivity (Wildman–Crippen MR) is 118 cm³/mol. The third-order valence-electron chi connectivity index (χ3n) is 5.50. The highest BCUT2D eigenvalue weighted by Crippen LogP contribution is 2.25. The van der Waals surface area contributed by atoms with Gasteiger partial charge in [-0.15, -0.1) is 0 Å². The van der Waals surface area contributed by atoms with Crippen molar-refractivity contribution in [1.82, 2.24) is 16.0 Å². The molecule has 4 amide bonds. The Morgan fingerprint density at radius 3 is 2.26 bits per heavy atom. The Morgan fingerprint density at radius 1 is 0.935 bits per heavy atom. The Bertz CT molecular complexity index is 1170. The summed E-state index contributed by atoms with van der Waals surface area (Å²) < 4.78 is 0. The lowest BCUT2D eigenvalue weighted by molar-refractivity contribution is -0.123. The molecule has 3 aromatic rings. The molecule has 3 aromatic carbocycles. The number of benzene rings is 3. The van der Waals surface area contributed by atoms with Crippen molar-refractivity contribution in [2.75, 3.05) is 0 Å². The van der Waals surface area contributed by atoms with Crippen LogP contribution in [0.15, 0.2) is 72.8 Å². The zero-order valence-corrected chi connectivity index (χ0v) is 17.4. The molecule has 0 aliphatic carbocycles. The maximum Gasteiger partial charge on any atom is 0.322 e. The normalized spacial score (nSPS) is 17.7. The number of amides is 4. The number of carbonyl (C=O) groups excluding carboxylic acids is 3. The molecule has 4 rings (SSSR count). The van der Waals surface area contributed by atoms with Crippen LogP contribution in [0.25, 0.3) is 11.1 Å². The van der Waals surface area contributed by atoms with Gasteiger partial charge in [-0.1, -0.05) is 60.2 Å². The highest BCUT2D eigenvalue weighted by Gasteiger charge is 2.43. The van der Waals surface area contributed by atoms with Crippen LogP contribution in [0.2, 0.25) is 0 Å². The van der Waals surface area contributed by atoms with Crippen LogP contribution >= 0.6 is 0 Å². The fourth-order valence-corrected chi connectivity index (χ4v) is 3.67. The van der Waals surface area contributed by atoms with Crippen LogP contribution < -0.4 is 16.0 Å². The summed E-state index contributed by atoms with van der Waals surface area (Å²) >= 11 is 0. The van der Waals surface area contributed by atoms with E-state index in [1.807, 2.05) is 18.2 Å². The van der Waals surface area contributed by atoms with Gasteiger partial charge in [-0.05, 0) is 54.3 Å². The molecule has 1 heterocycles. The minimum atomic E-state index is -1.14. The first-order valence-electron chi connectivity index (χ1n) is 10.0. The molecule has 0 aromatic heterocycles. The SMILES string of the molecule is Cc1cccc(-c2cccc(CNC(=O)c3ccc(C4(C)NC(=O)NC4=O)cc3)c2)c1. The molecule has 0 radical (unpaired) electrons. The molecule has 1 aliphatic heterocycles. The van der Waals surface area contributed by atoms with E-state index in [0.717, 1.165) is 16.7 Å². The zero-order valence-electron chi connectivity index (χ0n) is 17.4. The summed E-state index contributed by atoms with van der Waals surface area (Å²) in [5.41, 5.74) is 4.39. The number of rotatable bonds is 5. The second-order valence-electron chi connectivity index (χ2n) is 7.86. The minimum absolute atomic E-state index is 0.211. The summed E-state index contributed by atoms with van der Waals surface area (Å²) in [6, 6.07) is 22.5. The van der Waals surface area contributed by atoms with E-state index in [4.69, 9.17) is 0 Å². The summed E-state index contributed by atoms with van der Waals surface area (Å²) in [6.07, 6.45) is 0. The summed E-state index contributed by atoms with van der Waals surface area (Å²) in [4.78, 5) is 36.1. The van der Waals surface area contributed by atoms with Crippen molar-refractivity contribution >= 4 is 17.8 Å². The van der Waals surface area contributed by atoms with Crippen molar-refractivity contribution in [3.05, 3.63) is 95.1 Å². The van der Waals surface area contributed by atoms with E-state index in [-0.39, 0.29) is 5.91 Å². The van der Waals surface area contributed by atoms with Gasteiger partial charge in [-0.3, -0.25) is 14.9 Å². The lowest BCUT2D eigenvalue weighted by Gasteiger charge is -2.21. The van der Waals surface area contributed by atoms with Crippen LogP contribution in [-0.2, 0) is 16.9 Å². The molecule has 156 valence electrons. The molecule has 1 unspecified atom stereocenters. The van der Waals surface area contributed by atoms with Crippen LogP contribution in [0, 0.1) is 6.92 Å². The van der Waals surface area contributed by atoms with Gasteiger partial charge in [0.05, 0.1) is 0 Å². The van der Waals surface area contributed by atoms with Crippen LogP contribution in [0.5, 0.6) is 0 Å². The van der Waals surface area contributed by atoms with Gasteiger partial charge in [0.1, 0.15) is 5.54 Å². The van der Waals surface area contributed by atoms with Gasteiger partial charge in [0.15, 0.2) is 0 Å². The second-order valence-corrected chi connectivity index (χ2v) is 7.86. The van der Waals surface area contributed by atoms with E-state index in [1.54, 1.807) is 31.2 Å². The molecule has 0 saturated carbocycles. The quantitative estimate of drug-likeness (QED) is 0.558. The summed E-state index contributed by atoms with van der Waals surface area (Å²) in [5, 5.41) is 7.78. The number of urea groups is 1. The molecule has 0 spiro atoms. The molecule has 6 nitrogen and oxygen atoms in total. The number of nitrogens with one attached hydrogen (secondary N) is 3. The molecule has 1 fully saturated rings. The fraction of sp³-hybridized carbons (Fsp3) is 0.160. The summed E-state index contributed by atoms with van der Waals surface area (Å²) in [7, 11) is 0. The number of hydrogen-bond donors (Lipinski definition) is 3. The maximum absolute atomic E-state index is 12.6. The van der Waals surface area contributed by atoms with Crippen molar-refractivity contribution in [2.45, 2.75) is 25.9 Å². The number of carbonyl (C=O) groups is 3. The Morgan fingerprint density at radius 2 is 1.61 bits per heavy atom. The van der Waals surface area contributed by atoms with Crippen LogP contribution in [0.3, 0.4) is 0 Å². The standard InChI is InChI=1S/C25H23N3O3/c1-16-5-3-7-19(13-16)20-8-4-6-17(14-20)15-26-22(29)18-9-11-21(12-10-18)25(2)23(30)27-24(31)28-25/h3-14H,15H2,1-2H3,(H,26,29)(H2,27,28,30,31). The van der Waals surface area contributed by atoms with Gasteiger partial charge in [0.2, 0.25) is 0 Å². The molecule has 31 heavy (non-hydrogen) atoms. The molecule has 1 aliphatic rings. The highest BCUT2D eigenvalue weighted by atomic mass is 16.2. The Labute approximate surface area is 180 Å². The Balaban J connectivity index is 1.43. The number of aryl methyl sites for hydroxylation is 1. The van der Waals surface area contributed by atoms with E-state index in [2.05, 4.69) is 53.2 Å². The van der Waals surface area contributed by atoms with Gasteiger partial charge in [0.25, 0.3) is 11.8 Å². The highest BCUT2D eigenvalue weighted by molar-refractivity contribution is 6.07. The van der Waals surface area contributed by atoms with Crippen molar-refractivity contribution in [2.24, 2.45) is 0 Å². The van der Waals surface area contributed by atoms with Crippen molar-refractivity contribution < 1.29 is 14.4 Å². The van der Waals surface area contributed by atoms with E-state index < -0.39 is 17.5 Å². The van der Waals surface area contributed by atoms with Crippen LogP contribution in [0.1, 0.15) is 34.0 Å². The van der Waals surface area contributed by atoms with Crippen molar-refractivity contribution in [1.29, 1.82) is 0 Å². The van der Waals surface area contributed by atoms with Gasteiger partial charge >= 0.3 is 6.03 Å². The average Bonchev–Trinajstić information content (AvgIpc) is 3.04.